The van der Waals surface area contributed by atoms with Crippen LogP contribution in [0.1, 0.15) is 22.3 Å². The van der Waals surface area contributed by atoms with Crippen molar-refractivity contribution in [3.05, 3.63) is 132 Å². The maximum absolute atomic E-state index is 13.7. The van der Waals surface area contributed by atoms with Crippen molar-refractivity contribution in [3.8, 4) is 11.3 Å². The Balaban J connectivity index is 1.19. The minimum Gasteiger partial charge on any atom is -0.481 e. The van der Waals surface area contributed by atoms with Gasteiger partial charge >= 0.3 is 5.97 Å². The second-order valence-corrected chi connectivity index (χ2v) is 10.8. The molecule has 1 atom stereocenters. The quantitative estimate of drug-likeness (QED) is 0.126. The van der Waals surface area contributed by atoms with Crippen molar-refractivity contribution in [2.45, 2.75) is 18.9 Å². The van der Waals surface area contributed by atoms with Crippen LogP contribution in [0.4, 0.5) is 11.4 Å². The van der Waals surface area contributed by atoms with E-state index in [2.05, 4.69) is 28.1 Å². The van der Waals surface area contributed by atoms with Gasteiger partial charge in [0.1, 0.15) is 17.4 Å². The van der Waals surface area contributed by atoms with E-state index in [1.54, 1.807) is 24.3 Å². The van der Waals surface area contributed by atoms with Gasteiger partial charge in [0.25, 0.3) is 5.91 Å². The number of nitrogens with one attached hydrogen (secondary N) is 3. The molecular weight excluding hydrogens is 566 g/mol. The number of carbonyl (C=O) groups is 3. The molecule has 5 aromatic carbocycles. The Bertz CT molecular complexity index is 1950. The minimum absolute atomic E-state index is 0.0431. The molecule has 0 fully saturated rings. The van der Waals surface area contributed by atoms with Gasteiger partial charge in [0.05, 0.1) is 6.42 Å². The molecule has 0 aliphatic carbocycles. The molecule has 0 radical (unpaired) electrons. The zero-order valence-electron chi connectivity index (χ0n) is 24.3. The molecule has 1 aromatic heterocycles. The first-order valence-corrected chi connectivity index (χ1v) is 14.7. The van der Waals surface area contributed by atoms with Crippen LogP contribution in [-0.4, -0.2) is 35.5 Å². The SMILES string of the molecule is O=C(O)CCNC(=O)c1ccc(NC(Cc2ccc3ccccc3c2)C(=O)Nc2ccc(-c3cc4ccccc4o3)cc2)cc1. The van der Waals surface area contributed by atoms with Crippen LogP contribution in [0.2, 0.25) is 0 Å². The molecule has 6 aromatic rings. The summed E-state index contributed by atoms with van der Waals surface area (Å²) in [4.78, 5) is 36.8. The summed E-state index contributed by atoms with van der Waals surface area (Å²) in [6.07, 6.45) is 0.269. The summed E-state index contributed by atoms with van der Waals surface area (Å²) in [6, 6.07) is 37.7. The van der Waals surface area contributed by atoms with E-state index in [9.17, 15) is 14.4 Å². The van der Waals surface area contributed by atoms with Crippen LogP contribution in [0, 0.1) is 0 Å². The van der Waals surface area contributed by atoms with Crippen molar-refractivity contribution < 1.29 is 23.9 Å². The van der Waals surface area contributed by atoms with E-state index in [-0.39, 0.29) is 24.8 Å². The van der Waals surface area contributed by atoms with Crippen LogP contribution in [0.15, 0.2) is 126 Å². The first-order valence-electron chi connectivity index (χ1n) is 14.7. The lowest BCUT2D eigenvalue weighted by atomic mass is 10.0. The van der Waals surface area contributed by atoms with Crippen molar-refractivity contribution in [3.63, 3.8) is 0 Å². The Morgan fingerprint density at radius 3 is 2.13 bits per heavy atom. The fourth-order valence-electron chi connectivity index (χ4n) is 5.19. The van der Waals surface area contributed by atoms with Gasteiger partial charge < -0.3 is 25.5 Å². The van der Waals surface area contributed by atoms with E-state index in [0.29, 0.717) is 23.4 Å². The predicted molar refractivity (Wildman–Crippen MR) is 176 cm³/mol. The lowest BCUT2D eigenvalue weighted by Gasteiger charge is -2.20. The molecule has 6 rings (SSSR count). The molecule has 0 bridgehead atoms. The molecule has 2 amide bonds. The monoisotopic (exact) mass is 597 g/mol. The molecule has 8 nitrogen and oxygen atoms in total. The molecule has 8 heteroatoms. The summed E-state index contributed by atoms with van der Waals surface area (Å²) in [5.74, 6) is -0.800. The largest absolute Gasteiger partial charge is 0.481 e. The maximum atomic E-state index is 13.7. The van der Waals surface area contributed by atoms with Crippen LogP contribution < -0.4 is 16.0 Å². The number of hydrogen-bond acceptors (Lipinski definition) is 5. The Hall–Kier alpha value is -5.89. The molecule has 1 unspecified atom stereocenters. The summed E-state index contributed by atoms with van der Waals surface area (Å²) < 4.78 is 5.98. The van der Waals surface area contributed by atoms with Gasteiger partial charge in [0, 0.05) is 40.9 Å². The summed E-state index contributed by atoms with van der Waals surface area (Å²) in [6.45, 7) is 0.0431. The average Bonchev–Trinajstić information content (AvgIpc) is 3.49. The number of carboxylic acid groups (broad SMARTS) is 1. The highest BCUT2D eigenvalue weighted by Gasteiger charge is 2.20. The number of carboxylic acids is 1. The van der Waals surface area contributed by atoms with Crippen molar-refractivity contribution in [1.82, 2.24) is 5.32 Å². The Morgan fingerprint density at radius 1 is 0.711 bits per heavy atom. The molecule has 4 N–H and O–H groups in total. The van der Waals surface area contributed by atoms with Gasteiger partial charge in [0.15, 0.2) is 0 Å². The van der Waals surface area contributed by atoms with Gasteiger partial charge in [-0.05, 0) is 77.0 Å². The molecular formula is C37H31N3O5. The third-order valence-corrected chi connectivity index (χ3v) is 7.55. The third-order valence-electron chi connectivity index (χ3n) is 7.55. The standard InChI is InChI=1S/C37H31N3O5/c41-35(42)19-20-38-36(43)27-13-17-30(18-14-27)39-32(22-24-9-10-25-5-1-2-6-28(25)21-24)37(44)40-31-15-11-26(12-16-31)34-23-29-7-3-4-8-33(29)45-34/h1-18,21,23,32,39H,19-20,22H2,(H,38,43)(H,40,44)(H,41,42). The van der Waals surface area contributed by atoms with Crippen LogP contribution in [0.25, 0.3) is 33.1 Å². The number of anilines is 2. The predicted octanol–water partition coefficient (Wildman–Crippen LogP) is 7.12. The molecule has 1 heterocycles. The van der Waals surface area contributed by atoms with Gasteiger partial charge in [-0.25, -0.2) is 0 Å². The molecule has 0 aliphatic heterocycles. The highest BCUT2D eigenvalue weighted by molar-refractivity contribution is 5.98. The Kier molecular flexibility index (Phi) is 8.55. The number of carbonyl (C=O) groups excluding carboxylic acids is 2. The van der Waals surface area contributed by atoms with Crippen molar-refractivity contribution in [2.24, 2.45) is 0 Å². The van der Waals surface area contributed by atoms with Gasteiger partial charge in [-0.15, -0.1) is 0 Å². The van der Waals surface area contributed by atoms with E-state index < -0.39 is 12.0 Å². The van der Waals surface area contributed by atoms with E-state index in [1.165, 1.54) is 0 Å². The third kappa shape index (κ3) is 7.19. The van der Waals surface area contributed by atoms with Crippen molar-refractivity contribution >= 4 is 50.9 Å². The van der Waals surface area contributed by atoms with Crippen LogP contribution >= 0.6 is 0 Å². The lowest BCUT2D eigenvalue weighted by molar-refractivity contribution is -0.136. The summed E-state index contributed by atoms with van der Waals surface area (Å²) >= 11 is 0. The summed E-state index contributed by atoms with van der Waals surface area (Å²) in [5, 5.41) is 21.0. The molecule has 224 valence electrons. The molecule has 45 heavy (non-hydrogen) atoms. The van der Waals surface area contributed by atoms with Crippen LogP contribution in [0.5, 0.6) is 0 Å². The van der Waals surface area contributed by atoms with Crippen molar-refractivity contribution in [1.29, 1.82) is 0 Å². The van der Waals surface area contributed by atoms with Gasteiger partial charge in [-0.3, -0.25) is 14.4 Å². The number of fused-ring (bicyclic) bond motifs is 2. The van der Waals surface area contributed by atoms with E-state index in [4.69, 9.17) is 9.52 Å². The van der Waals surface area contributed by atoms with E-state index in [1.807, 2.05) is 84.9 Å². The first kappa shape index (κ1) is 29.2. The Morgan fingerprint density at radius 2 is 1.40 bits per heavy atom. The molecule has 0 saturated heterocycles. The number of aliphatic carboxylic acids is 1. The number of benzene rings is 5. The number of furan rings is 1. The normalized spacial score (nSPS) is 11.6. The van der Waals surface area contributed by atoms with Crippen LogP contribution in [-0.2, 0) is 16.0 Å². The van der Waals surface area contributed by atoms with Crippen molar-refractivity contribution in [2.75, 3.05) is 17.2 Å². The topological polar surface area (TPSA) is 121 Å². The molecule has 0 saturated carbocycles. The van der Waals surface area contributed by atoms with Crippen LogP contribution in [0.3, 0.4) is 0 Å². The highest BCUT2D eigenvalue weighted by Crippen LogP contribution is 2.28. The fraction of sp³-hybridized carbons (Fsp3) is 0.108. The Labute approximate surface area is 259 Å². The maximum Gasteiger partial charge on any atom is 0.305 e. The first-order chi connectivity index (χ1) is 21.9. The molecule has 0 spiro atoms. The average molecular weight is 598 g/mol. The zero-order chi connectivity index (χ0) is 31.2. The van der Waals surface area contributed by atoms with Gasteiger partial charge in [0.2, 0.25) is 5.91 Å². The number of hydrogen-bond donors (Lipinski definition) is 4. The highest BCUT2D eigenvalue weighted by atomic mass is 16.4. The van der Waals surface area contributed by atoms with E-state index >= 15 is 0 Å². The minimum atomic E-state index is -0.979. The number of rotatable bonds is 11. The lowest BCUT2D eigenvalue weighted by Crippen LogP contribution is -2.36. The summed E-state index contributed by atoms with van der Waals surface area (Å²) in [7, 11) is 0. The second-order valence-electron chi connectivity index (χ2n) is 10.8. The van der Waals surface area contributed by atoms with Gasteiger partial charge in [-0.1, -0.05) is 60.7 Å². The zero-order valence-corrected chi connectivity index (χ0v) is 24.3. The smallest absolute Gasteiger partial charge is 0.305 e. The molecule has 0 aliphatic rings. The van der Waals surface area contributed by atoms with Gasteiger partial charge in [-0.2, -0.15) is 0 Å². The number of amides is 2. The van der Waals surface area contributed by atoms with E-state index in [0.717, 1.165) is 38.6 Å². The number of para-hydroxylation sites is 1. The summed E-state index contributed by atoms with van der Waals surface area (Å²) in [5.41, 5.74) is 4.43. The fourth-order valence-corrected chi connectivity index (χ4v) is 5.19. The second kappa shape index (κ2) is 13.2.